The van der Waals surface area contributed by atoms with Crippen LogP contribution >= 0.6 is 24.0 Å². The van der Waals surface area contributed by atoms with Gasteiger partial charge >= 0.3 is 0 Å². The summed E-state index contributed by atoms with van der Waals surface area (Å²) in [6.07, 6.45) is 0.895. The molecule has 0 bridgehead atoms. The van der Waals surface area contributed by atoms with E-state index in [0.717, 1.165) is 25.3 Å². The van der Waals surface area contributed by atoms with Crippen molar-refractivity contribution in [1.29, 1.82) is 0 Å². The number of nitrogens with zero attached hydrogens (tertiary/aromatic N) is 2. The molecule has 0 heterocycles. The topological polar surface area (TPSA) is 50.8 Å². The van der Waals surface area contributed by atoms with Crippen molar-refractivity contribution in [3.8, 4) is 5.75 Å². The molecule has 0 unspecified atom stereocenters. The number of benzene rings is 1. The summed E-state index contributed by atoms with van der Waals surface area (Å²) in [5, 5.41) is 0. The Morgan fingerprint density at radius 3 is 2.26 bits per heavy atom. The van der Waals surface area contributed by atoms with E-state index in [1.807, 2.05) is 17.0 Å². The van der Waals surface area contributed by atoms with Gasteiger partial charge in [0, 0.05) is 19.6 Å². The van der Waals surface area contributed by atoms with Gasteiger partial charge in [-0.05, 0) is 38.0 Å². The summed E-state index contributed by atoms with van der Waals surface area (Å²) in [4.78, 5) is 6.44. The van der Waals surface area contributed by atoms with Gasteiger partial charge in [0.2, 0.25) is 0 Å². The van der Waals surface area contributed by atoms with Crippen LogP contribution < -0.4 is 10.5 Å². The molecule has 0 radical (unpaired) electrons. The second kappa shape index (κ2) is 9.89. The molecule has 0 spiro atoms. The fraction of sp³-hybridized carbons (Fsp3) is 0.500. The van der Waals surface area contributed by atoms with Gasteiger partial charge in [-0.3, -0.25) is 4.99 Å². The Hall–Kier alpha value is -0.980. The number of ether oxygens (including phenoxy) is 1. The zero-order valence-electron chi connectivity index (χ0n) is 11.9. The van der Waals surface area contributed by atoms with E-state index in [4.69, 9.17) is 10.5 Å². The number of methoxy groups -OCH3 is 1. The molecule has 2 N–H and O–H groups in total. The Bertz CT molecular complexity index is 375. The van der Waals surface area contributed by atoms with Gasteiger partial charge in [0.15, 0.2) is 5.96 Å². The maximum Gasteiger partial charge on any atom is 0.191 e. The van der Waals surface area contributed by atoms with Gasteiger partial charge in [0.25, 0.3) is 0 Å². The molecule has 108 valence electrons. The third kappa shape index (κ3) is 6.13. The molecule has 0 atom stereocenters. The highest BCUT2D eigenvalue weighted by atomic mass is 127. The molecule has 0 aliphatic heterocycles. The van der Waals surface area contributed by atoms with E-state index >= 15 is 0 Å². The number of hydrogen-bond donors (Lipinski definition) is 1. The summed E-state index contributed by atoms with van der Waals surface area (Å²) in [7, 11) is 1.67. The molecule has 1 rings (SSSR count). The summed E-state index contributed by atoms with van der Waals surface area (Å²) >= 11 is 0. The van der Waals surface area contributed by atoms with E-state index in [1.165, 1.54) is 5.56 Å². The summed E-state index contributed by atoms with van der Waals surface area (Å²) in [6.45, 7) is 6.67. The van der Waals surface area contributed by atoms with Crippen molar-refractivity contribution < 1.29 is 4.74 Å². The van der Waals surface area contributed by atoms with Gasteiger partial charge in [-0.2, -0.15) is 0 Å². The Labute approximate surface area is 133 Å². The molecular formula is C14H24IN3O. The molecule has 0 amide bonds. The highest BCUT2D eigenvalue weighted by Gasteiger charge is 2.01. The van der Waals surface area contributed by atoms with Gasteiger partial charge in [0.05, 0.1) is 7.11 Å². The maximum absolute atomic E-state index is 5.90. The summed E-state index contributed by atoms with van der Waals surface area (Å²) < 4.78 is 5.12. The number of halogens is 1. The fourth-order valence-electron chi connectivity index (χ4n) is 1.74. The molecule has 1 aromatic rings. The zero-order valence-corrected chi connectivity index (χ0v) is 14.3. The minimum atomic E-state index is 0. The lowest BCUT2D eigenvalue weighted by molar-refractivity contribution is 0.414. The highest BCUT2D eigenvalue weighted by Crippen LogP contribution is 2.11. The number of hydrogen-bond acceptors (Lipinski definition) is 2. The van der Waals surface area contributed by atoms with Crippen molar-refractivity contribution in [2.24, 2.45) is 10.7 Å². The van der Waals surface area contributed by atoms with E-state index in [0.29, 0.717) is 12.5 Å². The van der Waals surface area contributed by atoms with Crippen molar-refractivity contribution in [2.75, 3.05) is 26.7 Å². The van der Waals surface area contributed by atoms with E-state index in [-0.39, 0.29) is 24.0 Å². The smallest absolute Gasteiger partial charge is 0.191 e. The van der Waals surface area contributed by atoms with E-state index < -0.39 is 0 Å². The Balaban J connectivity index is 0.00000324. The molecule has 0 aliphatic rings. The van der Waals surface area contributed by atoms with Crippen molar-refractivity contribution >= 4 is 29.9 Å². The normalized spacial score (nSPS) is 10.8. The van der Waals surface area contributed by atoms with Crippen LogP contribution in [-0.2, 0) is 6.42 Å². The SMILES string of the molecule is CCN(CC)C(N)=NCCc1ccc(OC)cc1.I. The van der Waals surface area contributed by atoms with Gasteiger partial charge in [-0.15, -0.1) is 24.0 Å². The van der Waals surface area contributed by atoms with Gasteiger partial charge in [0.1, 0.15) is 5.75 Å². The van der Waals surface area contributed by atoms with Crippen LogP contribution in [0.5, 0.6) is 5.75 Å². The highest BCUT2D eigenvalue weighted by molar-refractivity contribution is 14.0. The summed E-state index contributed by atoms with van der Waals surface area (Å²) in [5.41, 5.74) is 7.15. The molecule has 0 aliphatic carbocycles. The third-order valence-electron chi connectivity index (χ3n) is 2.92. The minimum absolute atomic E-state index is 0. The molecule has 0 saturated heterocycles. The van der Waals surface area contributed by atoms with Gasteiger partial charge in [-0.25, -0.2) is 0 Å². The van der Waals surface area contributed by atoms with Crippen LogP contribution in [0.2, 0.25) is 0 Å². The molecule has 4 nitrogen and oxygen atoms in total. The summed E-state index contributed by atoms with van der Waals surface area (Å²) in [5.74, 6) is 1.51. The first kappa shape index (κ1) is 18.0. The maximum atomic E-state index is 5.90. The first-order valence-corrected chi connectivity index (χ1v) is 6.39. The van der Waals surface area contributed by atoms with Crippen LogP contribution in [0.15, 0.2) is 29.3 Å². The predicted octanol–water partition coefficient (Wildman–Crippen LogP) is 2.51. The lowest BCUT2D eigenvalue weighted by atomic mass is 10.1. The molecule has 0 fully saturated rings. The zero-order chi connectivity index (χ0) is 13.4. The third-order valence-corrected chi connectivity index (χ3v) is 2.92. The van der Waals surface area contributed by atoms with Crippen molar-refractivity contribution in [2.45, 2.75) is 20.3 Å². The van der Waals surface area contributed by atoms with Crippen LogP contribution in [0.1, 0.15) is 19.4 Å². The molecule has 5 heteroatoms. The van der Waals surface area contributed by atoms with Crippen LogP contribution in [0, 0.1) is 0 Å². The molecule has 19 heavy (non-hydrogen) atoms. The fourth-order valence-corrected chi connectivity index (χ4v) is 1.74. The largest absolute Gasteiger partial charge is 0.497 e. The molecule has 0 saturated carbocycles. The lowest BCUT2D eigenvalue weighted by Gasteiger charge is -2.19. The van der Waals surface area contributed by atoms with E-state index in [1.54, 1.807) is 7.11 Å². The quantitative estimate of drug-likeness (QED) is 0.471. The average molecular weight is 377 g/mol. The van der Waals surface area contributed by atoms with Gasteiger partial charge in [-0.1, -0.05) is 12.1 Å². The van der Waals surface area contributed by atoms with E-state index in [9.17, 15) is 0 Å². The lowest BCUT2D eigenvalue weighted by Crippen LogP contribution is -2.37. The van der Waals surface area contributed by atoms with Crippen LogP contribution in [0.25, 0.3) is 0 Å². The Morgan fingerprint density at radius 2 is 1.79 bits per heavy atom. The first-order chi connectivity index (χ1) is 8.71. The monoisotopic (exact) mass is 377 g/mol. The molecular weight excluding hydrogens is 353 g/mol. The average Bonchev–Trinajstić information content (AvgIpc) is 2.41. The van der Waals surface area contributed by atoms with E-state index in [2.05, 4.69) is 31.0 Å². The molecule has 1 aromatic carbocycles. The van der Waals surface area contributed by atoms with Crippen LogP contribution in [0.3, 0.4) is 0 Å². The predicted molar refractivity (Wildman–Crippen MR) is 91.5 cm³/mol. The standard InChI is InChI=1S/C14H23N3O.HI/c1-4-17(5-2)14(15)16-11-10-12-6-8-13(18-3)9-7-12;/h6-9H,4-5,10-11H2,1-3H3,(H2,15,16);1H. The minimum Gasteiger partial charge on any atom is -0.497 e. The number of rotatable bonds is 6. The van der Waals surface area contributed by atoms with Crippen molar-refractivity contribution in [3.63, 3.8) is 0 Å². The first-order valence-electron chi connectivity index (χ1n) is 6.39. The molecule has 0 aromatic heterocycles. The van der Waals surface area contributed by atoms with Gasteiger partial charge < -0.3 is 15.4 Å². The number of nitrogens with two attached hydrogens (primary N) is 1. The van der Waals surface area contributed by atoms with Crippen LogP contribution in [0.4, 0.5) is 0 Å². The number of aliphatic imine (C=N–C) groups is 1. The second-order valence-corrected chi connectivity index (χ2v) is 4.01. The Morgan fingerprint density at radius 1 is 1.21 bits per heavy atom. The summed E-state index contributed by atoms with van der Waals surface area (Å²) in [6, 6.07) is 8.05. The Kier molecular flexibility index (Phi) is 9.38. The second-order valence-electron chi connectivity index (χ2n) is 4.01. The number of guanidine groups is 1. The van der Waals surface area contributed by atoms with Crippen molar-refractivity contribution in [3.05, 3.63) is 29.8 Å². The van der Waals surface area contributed by atoms with Crippen molar-refractivity contribution in [1.82, 2.24) is 4.90 Å². The van der Waals surface area contributed by atoms with Crippen LogP contribution in [-0.4, -0.2) is 37.6 Å².